The average molecular weight is 202 g/mol. The van der Waals surface area contributed by atoms with Crippen molar-refractivity contribution in [3.8, 4) is 0 Å². The van der Waals surface area contributed by atoms with Crippen LogP contribution in [-0.2, 0) is 14.3 Å². The van der Waals surface area contributed by atoms with Gasteiger partial charge in [-0.15, -0.1) is 0 Å². The van der Waals surface area contributed by atoms with Gasteiger partial charge < -0.3 is 14.6 Å². The lowest BCUT2D eigenvalue weighted by molar-refractivity contribution is -0.341. The maximum absolute atomic E-state index is 11.1. The third-order valence-corrected chi connectivity index (χ3v) is 1.58. The zero-order valence-corrected chi connectivity index (χ0v) is 9.00. The van der Waals surface area contributed by atoms with E-state index in [9.17, 15) is 9.90 Å². The summed E-state index contributed by atoms with van der Waals surface area (Å²) in [5.41, 5.74) is 0.233. The van der Waals surface area contributed by atoms with Crippen LogP contribution in [0.15, 0.2) is 12.2 Å². The van der Waals surface area contributed by atoms with Crippen molar-refractivity contribution in [2.45, 2.75) is 39.6 Å². The predicted molar refractivity (Wildman–Crippen MR) is 52.4 cm³/mol. The van der Waals surface area contributed by atoms with Crippen LogP contribution in [0.5, 0.6) is 0 Å². The standard InChI is InChI=1S/C10H18O4/c1-5-7-13-10(12,6-2)14-9(11)8(3)4/h12H,3,5-7H2,1-2,4H3. The van der Waals surface area contributed by atoms with Gasteiger partial charge in [0.05, 0.1) is 6.61 Å². The van der Waals surface area contributed by atoms with Gasteiger partial charge in [0.2, 0.25) is 0 Å². The first-order valence-corrected chi connectivity index (χ1v) is 4.70. The minimum absolute atomic E-state index is 0.187. The van der Waals surface area contributed by atoms with Gasteiger partial charge in [-0.25, -0.2) is 4.79 Å². The van der Waals surface area contributed by atoms with Gasteiger partial charge in [0.1, 0.15) is 0 Å². The molecule has 0 fully saturated rings. The van der Waals surface area contributed by atoms with Crippen LogP contribution in [0.4, 0.5) is 0 Å². The smallest absolute Gasteiger partial charge is 0.337 e. The van der Waals surface area contributed by atoms with Crippen molar-refractivity contribution in [1.82, 2.24) is 0 Å². The third-order valence-electron chi connectivity index (χ3n) is 1.58. The number of esters is 1. The zero-order valence-electron chi connectivity index (χ0n) is 9.00. The Hall–Kier alpha value is -0.870. The van der Waals surface area contributed by atoms with Gasteiger partial charge in [-0.05, 0) is 13.3 Å². The van der Waals surface area contributed by atoms with E-state index < -0.39 is 11.9 Å². The number of rotatable bonds is 6. The molecule has 0 heterocycles. The van der Waals surface area contributed by atoms with E-state index in [0.29, 0.717) is 6.61 Å². The summed E-state index contributed by atoms with van der Waals surface area (Å²) in [5, 5.41) is 9.66. The molecule has 0 aromatic rings. The third kappa shape index (κ3) is 4.39. The zero-order chi connectivity index (χ0) is 11.2. The van der Waals surface area contributed by atoms with Crippen LogP contribution >= 0.6 is 0 Å². The molecule has 14 heavy (non-hydrogen) atoms. The molecule has 0 aliphatic heterocycles. The van der Waals surface area contributed by atoms with Crippen molar-refractivity contribution < 1.29 is 19.4 Å². The second kappa shape index (κ2) is 5.78. The average Bonchev–Trinajstić information content (AvgIpc) is 2.14. The second-order valence-corrected chi connectivity index (χ2v) is 3.08. The van der Waals surface area contributed by atoms with E-state index in [1.807, 2.05) is 6.92 Å². The summed E-state index contributed by atoms with van der Waals surface area (Å²) in [5.74, 6) is -2.46. The number of ether oxygens (including phenoxy) is 2. The Bertz CT molecular complexity index is 212. The number of hydrogen-bond acceptors (Lipinski definition) is 4. The van der Waals surface area contributed by atoms with Gasteiger partial charge in [-0.1, -0.05) is 20.4 Å². The quantitative estimate of drug-likeness (QED) is 0.403. The molecule has 0 aliphatic rings. The molecule has 0 rings (SSSR count). The Kier molecular flexibility index (Phi) is 5.42. The number of carbonyl (C=O) groups excluding carboxylic acids is 1. The van der Waals surface area contributed by atoms with Gasteiger partial charge in [-0.2, -0.15) is 0 Å². The summed E-state index contributed by atoms with van der Waals surface area (Å²) in [6, 6.07) is 0. The molecule has 1 atom stereocenters. The topological polar surface area (TPSA) is 55.8 Å². The molecular formula is C10H18O4. The molecule has 4 nitrogen and oxygen atoms in total. The van der Waals surface area contributed by atoms with Gasteiger partial charge >= 0.3 is 11.9 Å². The highest BCUT2D eigenvalue weighted by Crippen LogP contribution is 2.16. The first-order valence-electron chi connectivity index (χ1n) is 4.70. The lowest BCUT2D eigenvalue weighted by atomic mass is 10.3. The van der Waals surface area contributed by atoms with Crippen molar-refractivity contribution in [2.24, 2.45) is 0 Å². The van der Waals surface area contributed by atoms with Gasteiger partial charge in [0.15, 0.2) is 0 Å². The molecule has 4 heteroatoms. The molecular weight excluding hydrogens is 184 g/mol. The number of carbonyl (C=O) groups is 1. The first-order chi connectivity index (χ1) is 6.45. The minimum atomic E-state index is -1.81. The van der Waals surface area contributed by atoms with Gasteiger partial charge in [-0.3, -0.25) is 0 Å². The Labute approximate surface area is 84.5 Å². The fraction of sp³-hybridized carbons (Fsp3) is 0.700. The van der Waals surface area contributed by atoms with Crippen LogP contribution in [0.25, 0.3) is 0 Å². The Morgan fingerprint density at radius 1 is 1.50 bits per heavy atom. The highest BCUT2D eigenvalue weighted by atomic mass is 16.8. The molecule has 1 N–H and O–H groups in total. The van der Waals surface area contributed by atoms with E-state index in [4.69, 9.17) is 9.47 Å². The van der Waals surface area contributed by atoms with Crippen LogP contribution in [0, 0.1) is 0 Å². The summed E-state index contributed by atoms with van der Waals surface area (Å²) >= 11 is 0. The van der Waals surface area contributed by atoms with E-state index in [1.165, 1.54) is 6.92 Å². The molecule has 0 aromatic carbocycles. The second-order valence-electron chi connectivity index (χ2n) is 3.08. The van der Waals surface area contributed by atoms with E-state index in [-0.39, 0.29) is 12.0 Å². The summed E-state index contributed by atoms with van der Waals surface area (Å²) < 4.78 is 9.77. The summed E-state index contributed by atoms with van der Waals surface area (Å²) in [6.07, 6.45) is 0.930. The van der Waals surface area contributed by atoms with Gasteiger partial charge in [0.25, 0.3) is 0 Å². The largest absolute Gasteiger partial charge is 0.405 e. The van der Waals surface area contributed by atoms with Crippen molar-refractivity contribution in [1.29, 1.82) is 0 Å². The van der Waals surface area contributed by atoms with Crippen LogP contribution in [0.3, 0.4) is 0 Å². The maximum atomic E-state index is 11.1. The summed E-state index contributed by atoms with van der Waals surface area (Å²) in [7, 11) is 0. The molecule has 0 amide bonds. The lowest BCUT2D eigenvalue weighted by Crippen LogP contribution is -2.37. The highest BCUT2D eigenvalue weighted by molar-refractivity contribution is 5.87. The normalized spacial score (nSPS) is 14.6. The predicted octanol–water partition coefficient (Wildman–Crippen LogP) is 1.59. The summed E-state index contributed by atoms with van der Waals surface area (Å²) in [6.45, 7) is 8.83. The minimum Gasteiger partial charge on any atom is -0.405 e. The van der Waals surface area contributed by atoms with Crippen LogP contribution < -0.4 is 0 Å². The fourth-order valence-electron chi connectivity index (χ4n) is 0.697. The molecule has 0 saturated carbocycles. The summed E-state index contributed by atoms with van der Waals surface area (Å²) in [4.78, 5) is 11.1. The van der Waals surface area contributed by atoms with E-state index in [1.54, 1.807) is 6.92 Å². The van der Waals surface area contributed by atoms with Crippen molar-refractivity contribution in [3.63, 3.8) is 0 Å². The van der Waals surface area contributed by atoms with Crippen LogP contribution in [-0.4, -0.2) is 23.7 Å². The monoisotopic (exact) mass is 202 g/mol. The number of aliphatic hydroxyl groups is 1. The molecule has 0 radical (unpaired) electrons. The Morgan fingerprint density at radius 3 is 2.43 bits per heavy atom. The maximum Gasteiger partial charge on any atom is 0.337 e. The highest BCUT2D eigenvalue weighted by Gasteiger charge is 2.30. The molecule has 0 aliphatic carbocycles. The molecule has 0 saturated heterocycles. The molecule has 0 spiro atoms. The Balaban J connectivity index is 4.24. The first kappa shape index (κ1) is 13.1. The van der Waals surface area contributed by atoms with Crippen LogP contribution in [0.2, 0.25) is 0 Å². The van der Waals surface area contributed by atoms with Crippen molar-refractivity contribution >= 4 is 5.97 Å². The molecule has 0 bridgehead atoms. The van der Waals surface area contributed by atoms with E-state index >= 15 is 0 Å². The fourth-order valence-corrected chi connectivity index (χ4v) is 0.697. The van der Waals surface area contributed by atoms with E-state index in [0.717, 1.165) is 6.42 Å². The van der Waals surface area contributed by atoms with Gasteiger partial charge in [0, 0.05) is 12.0 Å². The SMILES string of the molecule is C=C(C)C(=O)OC(O)(CC)OCCC. The van der Waals surface area contributed by atoms with Crippen molar-refractivity contribution in [2.75, 3.05) is 6.61 Å². The van der Waals surface area contributed by atoms with Crippen molar-refractivity contribution in [3.05, 3.63) is 12.2 Å². The van der Waals surface area contributed by atoms with Crippen LogP contribution in [0.1, 0.15) is 33.6 Å². The molecule has 0 aromatic heterocycles. The molecule has 82 valence electrons. The molecule has 1 unspecified atom stereocenters. The lowest BCUT2D eigenvalue weighted by Gasteiger charge is -2.25. The van der Waals surface area contributed by atoms with E-state index in [2.05, 4.69) is 6.58 Å². The Morgan fingerprint density at radius 2 is 2.07 bits per heavy atom. The number of hydrogen-bond donors (Lipinski definition) is 1.